The molecule has 22 heavy (non-hydrogen) atoms. The van der Waals surface area contributed by atoms with Gasteiger partial charge >= 0.3 is 5.69 Å². The van der Waals surface area contributed by atoms with E-state index in [0.717, 1.165) is 0 Å². The van der Waals surface area contributed by atoms with Crippen LogP contribution < -0.4 is 16.6 Å². The van der Waals surface area contributed by atoms with E-state index in [2.05, 4.69) is 25.5 Å². The summed E-state index contributed by atoms with van der Waals surface area (Å²) in [4.78, 5) is 41.3. The topological polar surface area (TPSA) is 126 Å². The van der Waals surface area contributed by atoms with Gasteiger partial charge in [0.1, 0.15) is 12.1 Å². The second kappa shape index (κ2) is 7.07. The third-order valence-corrected chi connectivity index (χ3v) is 3.46. The molecule has 2 heterocycles. The van der Waals surface area contributed by atoms with Crippen molar-refractivity contribution in [2.75, 3.05) is 11.1 Å². The van der Waals surface area contributed by atoms with Crippen LogP contribution in [0.1, 0.15) is 13.8 Å². The Balaban J connectivity index is 2.12. The maximum absolute atomic E-state index is 11.9. The molecule has 0 aliphatic heterocycles. The molecule has 2 aromatic heterocycles. The molecule has 0 spiro atoms. The summed E-state index contributed by atoms with van der Waals surface area (Å²) < 4.78 is 1.34. The summed E-state index contributed by atoms with van der Waals surface area (Å²) in [5.41, 5.74) is -1.09. The zero-order chi connectivity index (χ0) is 16.1. The minimum absolute atomic E-state index is 0.0812. The Hall–Kier alpha value is -2.36. The number of nitrogens with zero attached hydrogens (tertiary/aromatic N) is 3. The SMILES string of the molecule is CC(C)Cn1c(NC(=O)CSc2ncn[nH]2)cc(=O)[nH]c1=O. The summed E-state index contributed by atoms with van der Waals surface area (Å²) >= 11 is 1.17. The Morgan fingerprint density at radius 1 is 1.45 bits per heavy atom. The average Bonchev–Trinajstić information content (AvgIpc) is 2.93. The number of thioether (sulfide) groups is 1. The zero-order valence-electron chi connectivity index (χ0n) is 12.1. The van der Waals surface area contributed by atoms with Crippen LogP contribution in [-0.2, 0) is 11.3 Å². The van der Waals surface area contributed by atoms with Crippen LogP contribution in [0.2, 0.25) is 0 Å². The maximum Gasteiger partial charge on any atom is 0.329 e. The molecule has 2 rings (SSSR count). The van der Waals surface area contributed by atoms with Gasteiger partial charge in [0, 0.05) is 12.6 Å². The minimum atomic E-state index is -0.553. The van der Waals surface area contributed by atoms with Crippen molar-refractivity contribution < 1.29 is 4.79 Å². The molecule has 0 fully saturated rings. The van der Waals surface area contributed by atoms with Crippen molar-refractivity contribution in [1.82, 2.24) is 24.7 Å². The largest absolute Gasteiger partial charge is 0.329 e. The monoisotopic (exact) mass is 324 g/mol. The van der Waals surface area contributed by atoms with Crippen molar-refractivity contribution in [1.29, 1.82) is 0 Å². The van der Waals surface area contributed by atoms with Crippen LogP contribution in [0.3, 0.4) is 0 Å². The molecule has 0 atom stereocenters. The van der Waals surface area contributed by atoms with Gasteiger partial charge in [0.2, 0.25) is 5.91 Å². The van der Waals surface area contributed by atoms with E-state index in [0.29, 0.717) is 11.7 Å². The Morgan fingerprint density at radius 3 is 2.86 bits per heavy atom. The number of carbonyl (C=O) groups is 1. The predicted octanol–water partition coefficient (Wildman–Crippen LogP) is 0.0415. The average molecular weight is 324 g/mol. The van der Waals surface area contributed by atoms with Gasteiger partial charge in [0.15, 0.2) is 5.16 Å². The summed E-state index contributed by atoms with van der Waals surface area (Å²) in [5, 5.41) is 9.39. The molecule has 0 aliphatic rings. The van der Waals surface area contributed by atoms with E-state index >= 15 is 0 Å². The zero-order valence-corrected chi connectivity index (χ0v) is 12.9. The highest BCUT2D eigenvalue weighted by molar-refractivity contribution is 7.99. The van der Waals surface area contributed by atoms with E-state index in [4.69, 9.17) is 0 Å². The summed E-state index contributed by atoms with van der Waals surface area (Å²) in [6, 6.07) is 1.20. The van der Waals surface area contributed by atoms with Gasteiger partial charge in [-0.1, -0.05) is 25.6 Å². The molecule has 0 unspecified atom stereocenters. The molecule has 3 N–H and O–H groups in total. The molecule has 0 radical (unpaired) electrons. The molecule has 9 nitrogen and oxygen atoms in total. The molecule has 0 aromatic carbocycles. The standard InChI is InChI=1S/C12H16N6O3S/c1-7(2)4-18-8(3-9(19)16-12(18)21)15-10(20)5-22-11-13-6-14-17-11/h3,6-7H,4-5H2,1-2H3,(H,15,20)(H,13,14,17)(H,16,19,21). The van der Waals surface area contributed by atoms with Gasteiger partial charge in [-0.3, -0.25) is 24.2 Å². The molecule has 0 saturated heterocycles. The van der Waals surface area contributed by atoms with E-state index < -0.39 is 11.2 Å². The second-order valence-electron chi connectivity index (χ2n) is 4.96. The van der Waals surface area contributed by atoms with Gasteiger partial charge in [-0.25, -0.2) is 9.78 Å². The lowest BCUT2D eigenvalue weighted by molar-refractivity contribution is -0.113. The van der Waals surface area contributed by atoms with Crippen LogP contribution in [-0.4, -0.2) is 36.4 Å². The first-order valence-electron chi connectivity index (χ1n) is 6.58. The summed E-state index contributed by atoms with van der Waals surface area (Å²) in [5.74, 6) is 0.107. The van der Waals surface area contributed by atoms with Gasteiger partial charge in [0.25, 0.3) is 5.56 Å². The van der Waals surface area contributed by atoms with Crippen molar-refractivity contribution in [3.05, 3.63) is 33.2 Å². The number of carbonyl (C=O) groups excluding carboxylic acids is 1. The quantitative estimate of drug-likeness (QED) is 0.644. The number of H-pyrrole nitrogens is 2. The van der Waals surface area contributed by atoms with Gasteiger partial charge in [0.05, 0.1) is 5.75 Å². The summed E-state index contributed by atoms with van der Waals surface area (Å²) in [6.07, 6.45) is 1.34. The number of rotatable bonds is 6. The number of amides is 1. The Bertz CT molecular complexity index is 749. The van der Waals surface area contributed by atoms with Crippen LogP contribution in [0.25, 0.3) is 0 Å². The summed E-state index contributed by atoms with van der Waals surface area (Å²) in [6.45, 7) is 4.26. The Labute approximate surface area is 129 Å². The van der Waals surface area contributed by atoms with Gasteiger partial charge in [-0.15, -0.1) is 0 Å². The highest BCUT2D eigenvalue weighted by Crippen LogP contribution is 2.11. The van der Waals surface area contributed by atoms with Crippen LogP contribution in [0.4, 0.5) is 5.82 Å². The van der Waals surface area contributed by atoms with Crippen LogP contribution in [0.15, 0.2) is 27.1 Å². The van der Waals surface area contributed by atoms with Crippen molar-refractivity contribution >= 4 is 23.5 Å². The third kappa shape index (κ3) is 4.32. The van der Waals surface area contributed by atoms with Crippen LogP contribution in [0, 0.1) is 5.92 Å². The molecular weight excluding hydrogens is 308 g/mol. The van der Waals surface area contributed by atoms with Crippen molar-refractivity contribution in [2.24, 2.45) is 5.92 Å². The molecule has 10 heteroatoms. The number of hydrogen-bond donors (Lipinski definition) is 3. The number of anilines is 1. The smallest absolute Gasteiger partial charge is 0.311 e. The van der Waals surface area contributed by atoms with Crippen molar-refractivity contribution in [3.63, 3.8) is 0 Å². The molecule has 0 aliphatic carbocycles. The highest BCUT2D eigenvalue weighted by atomic mass is 32.2. The fourth-order valence-corrected chi connectivity index (χ4v) is 2.33. The van der Waals surface area contributed by atoms with Gasteiger partial charge < -0.3 is 5.32 Å². The molecule has 0 bridgehead atoms. The Morgan fingerprint density at radius 2 is 2.23 bits per heavy atom. The number of hydrogen-bond acceptors (Lipinski definition) is 6. The van der Waals surface area contributed by atoms with E-state index in [1.165, 1.54) is 28.7 Å². The lowest BCUT2D eigenvalue weighted by Crippen LogP contribution is -2.34. The van der Waals surface area contributed by atoms with E-state index in [-0.39, 0.29) is 23.4 Å². The van der Waals surface area contributed by atoms with E-state index in [1.807, 2.05) is 13.8 Å². The fourth-order valence-electron chi connectivity index (χ4n) is 1.75. The molecule has 2 aromatic rings. The summed E-state index contributed by atoms with van der Waals surface area (Å²) in [7, 11) is 0. The third-order valence-electron chi connectivity index (χ3n) is 2.58. The first-order valence-corrected chi connectivity index (χ1v) is 7.56. The predicted molar refractivity (Wildman–Crippen MR) is 81.9 cm³/mol. The Kier molecular flexibility index (Phi) is 5.15. The number of aromatic nitrogens is 5. The number of nitrogens with one attached hydrogen (secondary N) is 3. The van der Waals surface area contributed by atoms with E-state index in [9.17, 15) is 14.4 Å². The number of aromatic amines is 2. The minimum Gasteiger partial charge on any atom is -0.311 e. The normalized spacial score (nSPS) is 10.9. The second-order valence-corrected chi connectivity index (χ2v) is 5.92. The molecular formula is C12H16N6O3S. The first kappa shape index (κ1) is 16.0. The van der Waals surface area contributed by atoms with Gasteiger partial charge in [-0.2, -0.15) is 5.10 Å². The highest BCUT2D eigenvalue weighted by Gasteiger charge is 2.11. The van der Waals surface area contributed by atoms with Gasteiger partial charge in [-0.05, 0) is 5.92 Å². The first-order chi connectivity index (χ1) is 10.5. The molecule has 118 valence electrons. The van der Waals surface area contributed by atoms with Crippen LogP contribution in [0.5, 0.6) is 0 Å². The fraction of sp³-hybridized carbons (Fsp3) is 0.417. The lowest BCUT2D eigenvalue weighted by Gasteiger charge is -2.14. The van der Waals surface area contributed by atoms with Crippen molar-refractivity contribution in [3.8, 4) is 0 Å². The molecule has 1 amide bonds. The lowest BCUT2D eigenvalue weighted by atomic mass is 10.2. The maximum atomic E-state index is 11.9. The van der Waals surface area contributed by atoms with Crippen LogP contribution >= 0.6 is 11.8 Å². The van der Waals surface area contributed by atoms with E-state index in [1.54, 1.807) is 0 Å². The van der Waals surface area contributed by atoms with Crippen molar-refractivity contribution in [2.45, 2.75) is 25.5 Å². The molecule has 0 saturated carbocycles.